The van der Waals surface area contributed by atoms with Gasteiger partial charge in [-0.1, -0.05) is 41.9 Å². The number of nitrogens with zero attached hydrogens (tertiary/aromatic N) is 1. The van der Waals surface area contributed by atoms with E-state index in [1.807, 2.05) is 30.3 Å². The average Bonchev–Trinajstić information content (AvgIpc) is 2.64. The molecule has 0 saturated heterocycles. The van der Waals surface area contributed by atoms with Gasteiger partial charge in [0, 0.05) is 29.4 Å². The molecule has 0 saturated carbocycles. The lowest BCUT2D eigenvalue weighted by Crippen LogP contribution is -2.30. The van der Waals surface area contributed by atoms with Crippen molar-refractivity contribution in [1.29, 1.82) is 0 Å². The number of ketones is 1. The Balaban J connectivity index is 1.85. The van der Waals surface area contributed by atoms with E-state index in [0.717, 1.165) is 5.56 Å². The molecule has 1 unspecified atom stereocenters. The molecule has 3 nitrogen and oxygen atoms in total. The van der Waals surface area contributed by atoms with E-state index < -0.39 is 6.10 Å². The SMILES string of the molecule is O=C(c1cccnc1)C(Cc1ccccc1)Oc1ccc(Cl)cc1. The monoisotopic (exact) mass is 337 g/mol. The molecule has 24 heavy (non-hydrogen) atoms. The zero-order chi connectivity index (χ0) is 16.8. The predicted molar refractivity (Wildman–Crippen MR) is 94.6 cm³/mol. The molecular weight excluding hydrogens is 322 g/mol. The average molecular weight is 338 g/mol. The molecule has 3 aromatic rings. The standard InChI is InChI=1S/C20H16ClNO2/c21-17-8-10-18(11-9-17)24-19(13-15-5-2-1-3-6-15)20(23)16-7-4-12-22-14-16/h1-12,14,19H,13H2. The van der Waals surface area contributed by atoms with Crippen molar-refractivity contribution in [2.45, 2.75) is 12.5 Å². The van der Waals surface area contributed by atoms with Gasteiger partial charge in [0.1, 0.15) is 5.75 Å². The lowest BCUT2D eigenvalue weighted by atomic mass is 10.0. The van der Waals surface area contributed by atoms with Gasteiger partial charge in [0.2, 0.25) is 5.78 Å². The van der Waals surface area contributed by atoms with E-state index in [4.69, 9.17) is 16.3 Å². The summed E-state index contributed by atoms with van der Waals surface area (Å²) >= 11 is 5.91. The van der Waals surface area contributed by atoms with Crippen molar-refractivity contribution in [3.63, 3.8) is 0 Å². The van der Waals surface area contributed by atoms with Crippen LogP contribution in [0.4, 0.5) is 0 Å². The molecule has 0 fully saturated rings. The minimum Gasteiger partial charge on any atom is -0.482 e. The maximum atomic E-state index is 12.8. The Hall–Kier alpha value is -2.65. The molecule has 0 amide bonds. The first-order chi connectivity index (χ1) is 11.7. The van der Waals surface area contributed by atoms with Gasteiger partial charge in [-0.3, -0.25) is 9.78 Å². The molecular formula is C20H16ClNO2. The Morgan fingerprint density at radius 2 is 1.75 bits per heavy atom. The quantitative estimate of drug-likeness (QED) is 0.617. The fourth-order valence-corrected chi connectivity index (χ4v) is 2.51. The summed E-state index contributed by atoms with van der Waals surface area (Å²) in [5.41, 5.74) is 1.57. The summed E-state index contributed by atoms with van der Waals surface area (Å²) in [5.74, 6) is 0.513. The number of aromatic nitrogens is 1. The molecule has 0 aliphatic carbocycles. The molecule has 1 atom stereocenters. The maximum absolute atomic E-state index is 12.8. The van der Waals surface area contributed by atoms with Crippen molar-refractivity contribution in [3.05, 3.63) is 95.3 Å². The first-order valence-corrected chi connectivity index (χ1v) is 8.00. The van der Waals surface area contributed by atoms with Crippen molar-refractivity contribution in [2.24, 2.45) is 0 Å². The molecule has 2 aromatic carbocycles. The van der Waals surface area contributed by atoms with Crippen LogP contribution in [0.1, 0.15) is 15.9 Å². The summed E-state index contributed by atoms with van der Waals surface area (Å²) in [6.07, 6.45) is 3.06. The van der Waals surface area contributed by atoms with Crippen LogP contribution in [0, 0.1) is 0 Å². The van der Waals surface area contributed by atoms with Crippen LogP contribution in [0.5, 0.6) is 5.75 Å². The normalized spacial score (nSPS) is 11.7. The molecule has 1 heterocycles. The van der Waals surface area contributed by atoms with Crippen molar-refractivity contribution in [3.8, 4) is 5.75 Å². The number of hydrogen-bond acceptors (Lipinski definition) is 3. The summed E-state index contributed by atoms with van der Waals surface area (Å²) in [6.45, 7) is 0. The molecule has 0 radical (unpaired) electrons. The summed E-state index contributed by atoms with van der Waals surface area (Å²) in [5, 5.41) is 0.626. The van der Waals surface area contributed by atoms with Crippen molar-refractivity contribution in [2.75, 3.05) is 0 Å². The van der Waals surface area contributed by atoms with Gasteiger partial charge in [0.15, 0.2) is 6.10 Å². The van der Waals surface area contributed by atoms with Crippen molar-refractivity contribution < 1.29 is 9.53 Å². The minimum absolute atomic E-state index is 0.0955. The van der Waals surface area contributed by atoms with Crippen LogP contribution in [0.15, 0.2) is 79.1 Å². The van der Waals surface area contributed by atoms with Crippen LogP contribution in [0.25, 0.3) is 0 Å². The lowest BCUT2D eigenvalue weighted by Gasteiger charge is -2.18. The highest BCUT2D eigenvalue weighted by atomic mass is 35.5. The van der Waals surface area contributed by atoms with Crippen LogP contribution >= 0.6 is 11.6 Å². The molecule has 0 spiro atoms. The second-order valence-corrected chi connectivity index (χ2v) is 5.79. The van der Waals surface area contributed by atoms with E-state index in [9.17, 15) is 4.79 Å². The van der Waals surface area contributed by atoms with E-state index in [1.165, 1.54) is 0 Å². The molecule has 0 aliphatic heterocycles. The summed E-state index contributed by atoms with van der Waals surface area (Å²) in [7, 11) is 0. The highest BCUT2D eigenvalue weighted by molar-refractivity contribution is 6.30. The van der Waals surface area contributed by atoms with E-state index in [1.54, 1.807) is 48.8 Å². The second-order valence-electron chi connectivity index (χ2n) is 5.36. The number of Topliss-reactive ketones (excluding diaryl/α,β-unsaturated/α-hetero) is 1. The Labute approximate surface area is 145 Å². The zero-order valence-electron chi connectivity index (χ0n) is 12.9. The van der Waals surface area contributed by atoms with Crippen LogP contribution in [0.2, 0.25) is 5.02 Å². The Kier molecular flexibility index (Phi) is 5.24. The Morgan fingerprint density at radius 3 is 2.42 bits per heavy atom. The van der Waals surface area contributed by atoms with Crippen molar-refractivity contribution >= 4 is 17.4 Å². The van der Waals surface area contributed by atoms with Gasteiger partial charge in [-0.2, -0.15) is 0 Å². The number of carbonyl (C=O) groups is 1. The molecule has 0 bridgehead atoms. The predicted octanol–water partition coefficient (Wildman–Crippen LogP) is 4.61. The Morgan fingerprint density at radius 1 is 1.00 bits per heavy atom. The molecule has 1 aromatic heterocycles. The summed E-state index contributed by atoms with van der Waals surface area (Å²) in [4.78, 5) is 16.8. The third kappa shape index (κ3) is 4.21. The fourth-order valence-electron chi connectivity index (χ4n) is 2.39. The van der Waals surface area contributed by atoms with E-state index in [-0.39, 0.29) is 5.78 Å². The van der Waals surface area contributed by atoms with E-state index in [2.05, 4.69) is 4.98 Å². The fraction of sp³-hybridized carbons (Fsp3) is 0.100. The van der Waals surface area contributed by atoms with Crippen molar-refractivity contribution in [1.82, 2.24) is 4.98 Å². The van der Waals surface area contributed by atoms with Gasteiger partial charge in [-0.25, -0.2) is 0 Å². The third-order valence-electron chi connectivity index (χ3n) is 3.59. The number of benzene rings is 2. The van der Waals surface area contributed by atoms with E-state index >= 15 is 0 Å². The number of hydrogen-bond donors (Lipinski definition) is 0. The molecule has 0 N–H and O–H groups in total. The smallest absolute Gasteiger partial charge is 0.205 e. The van der Waals surface area contributed by atoms with Gasteiger partial charge in [0.25, 0.3) is 0 Å². The lowest BCUT2D eigenvalue weighted by molar-refractivity contribution is 0.0792. The first kappa shape index (κ1) is 16.2. The number of pyridine rings is 1. The number of ether oxygens (including phenoxy) is 1. The third-order valence-corrected chi connectivity index (χ3v) is 3.85. The second kappa shape index (κ2) is 7.75. The van der Waals surface area contributed by atoms with Gasteiger partial charge >= 0.3 is 0 Å². The summed E-state index contributed by atoms with van der Waals surface area (Å²) in [6, 6.07) is 20.3. The molecule has 3 rings (SSSR count). The summed E-state index contributed by atoms with van der Waals surface area (Å²) < 4.78 is 5.95. The zero-order valence-corrected chi connectivity index (χ0v) is 13.7. The van der Waals surface area contributed by atoms with Crippen LogP contribution < -0.4 is 4.74 Å². The molecule has 0 aliphatic rings. The highest BCUT2D eigenvalue weighted by Crippen LogP contribution is 2.20. The molecule has 120 valence electrons. The van der Waals surface area contributed by atoms with Gasteiger partial charge < -0.3 is 4.74 Å². The topological polar surface area (TPSA) is 39.2 Å². The number of rotatable bonds is 6. The highest BCUT2D eigenvalue weighted by Gasteiger charge is 2.22. The van der Waals surface area contributed by atoms with Crippen LogP contribution in [-0.4, -0.2) is 16.9 Å². The molecule has 4 heteroatoms. The largest absolute Gasteiger partial charge is 0.482 e. The van der Waals surface area contributed by atoms with Crippen LogP contribution in [0.3, 0.4) is 0 Å². The maximum Gasteiger partial charge on any atom is 0.205 e. The Bertz CT molecular complexity index is 789. The number of halogens is 1. The first-order valence-electron chi connectivity index (χ1n) is 7.63. The van der Waals surface area contributed by atoms with Gasteiger partial charge in [-0.05, 0) is 42.0 Å². The minimum atomic E-state index is -0.627. The van der Waals surface area contributed by atoms with Gasteiger partial charge in [0.05, 0.1) is 0 Å². The number of carbonyl (C=O) groups excluding carboxylic acids is 1. The van der Waals surface area contributed by atoms with Gasteiger partial charge in [-0.15, -0.1) is 0 Å². The van der Waals surface area contributed by atoms with E-state index in [0.29, 0.717) is 22.8 Å². The van der Waals surface area contributed by atoms with Crippen LogP contribution in [-0.2, 0) is 6.42 Å².